The zero-order chi connectivity index (χ0) is 22.4. The quantitative estimate of drug-likeness (QED) is 0.525. The SMILES string of the molecule is COc1cc(N)c(CC2CCN(CC(O)COc3ccc(F)cc3)CC2)cc1C(N)=O. The summed E-state index contributed by atoms with van der Waals surface area (Å²) in [6.07, 6.45) is 2.06. The van der Waals surface area contributed by atoms with Crippen LogP contribution in [0.2, 0.25) is 0 Å². The highest BCUT2D eigenvalue weighted by molar-refractivity contribution is 5.96. The maximum absolute atomic E-state index is 12.9. The third-order valence-electron chi connectivity index (χ3n) is 5.67. The third-order valence-corrected chi connectivity index (χ3v) is 5.67. The number of β-amino-alcohol motifs (C(OH)–C–C–N with tert-alkyl or cyclic N) is 1. The van der Waals surface area contributed by atoms with Crippen molar-refractivity contribution in [2.45, 2.75) is 25.4 Å². The number of methoxy groups -OCH3 is 1. The van der Waals surface area contributed by atoms with Crippen molar-refractivity contribution in [3.63, 3.8) is 0 Å². The van der Waals surface area contributed by atoms with Crippen LogP contribution < -0.4 is 20.9 Å². The summed E-state index contributed by atoms with van der Waals surface area (Å²) in [5, 5.41) is 10.3. The van der Waals surface area contributed by atoms with Crippen molar-refractivity contribution >= 4 is 11.6 Å². The number of nitrogens with two attached hydrogens (primary N) is 2. The van der Waals surface area contributed by atoms with Gasteiger partial charge in [-0.25, -0.2) is 4.39 Å². The van der Waals surface area contributed by atoms with Crippen LogP contribution in [0.1, 0.15) is 28.8 Å². The van der Waals surface area contributed by atoms with Gasteiger partial charge in [-0.2, -0.15) is 0 Å². The van der Waals surface area contributed by atoms with Crippen LogP contribution in [-0.2, 0) is 6.42 Å². The predicted molar refractivity (Wildman–Crippen MR) is 117 cm³/mol. The van der Waals surface area contributed by atoms with Crippen LogP contribution in [0.5, 0.6) is 11.5 Å². The highest BCUT2D eigenvalue weighted by Crippen LogP contribution is 2.30. The molecule has 1 atom stereocenters. The summed E-state index contributed by atoms with van der Waals surface area (Å²) in [5.74, 6) is 0.495. The van der Waals surface area contributed by atoms with Crippen molar-refractivity contribution in [1.29, 1.82) is 0 Å². The van der Waals surface area contributed by atoms with Crippen molar-refractivity contribution in [3.8, 4) is 11.5 Å². The van der Waals surface area contributed by atoms with Crippen LogP contribution in [0.3, 0.4) is 0 Å². The lowest BCUT2D eigenvalue weighted by Crippen LogP contribution is -2.41. The summed E-state index contributed by atoms with van der Waals surface area (Å²) in [4.78, 5) is 13.9. The zero-order valence-corrected chi connectivity index (χ0v) is 17.7. The first-order valence-electron chi connectivity index (χ1n) is 10.4. The first-order valence-corrected chi connectivity index (χ1v) is 10.4. The summed E-state index contributed by atoms with van der Waals surface area (Å²) >= 11 is 0. The smallest absolute Gasteiger partial charge is 0.252 e. The molecular formula is C23H30FN3O4. The fourth-order valence-electron chi connectivity index (χ4n) is 3.94. The number of primary amides is 1. The number of ether oxygens (including phenoxy) is 2. The standard InChI is InChI=1S/C23H30FN3O4/c1-30-22-12-21(25)16(11-20(22)23(26)29)10-15-6-8-27(9-7-15)13-18(28)14-31-19-4-2-17(24)3-5-19/h2-5,11-12,15,18,28H,6-10,13-14,25H2,1H3,(H2,26,29). The number of carbonyl (C=O) groups is 1. The molecule has 0 radical (unpaired) electrons. The number of benzene rings is 2. The van der Waals surface area contributed by atoms with Gasteiger partial charge in [-0.1, -0.05) is 0 Å². The number of piperidine rings is 1. The molecule has 7 nitrogen and oxygen atoms in total. The highest BCUT2D eigenvalue weighted by Gasteiger charge is 2.23. The van der Waals surface area contributed by atoms with E-state index in [9.17, 15) is 14.3 Å². The summed E-state index contributed by atoms with van der Waals surface area (Å²) in [5.41, 5.74) is 13.5. The molecule has 1 amide bonds. The number of anilines is 1. The van der Waals surface area contributed by atoms with Gasteiger partial charge in [-0.3, -0.25) is 4.79 Å². The molecule has 0 aromatic heterocycles. The second-order valence-corrected chi connectivity index (χ2v) is 7.98. The van der Waals surface area contributed by atoms with Gasteiger partial charge in [-0.15, -0.1) is 0 Å². The maximum atomic E-state index is 12.9. The number of likely N-dealkylation sites (tertiary alicyclic amines) is 1. The Morgan fingerprint density at radius 2 is 1.94 bits per heavy atom. The molecule has 5 N–H and O–H groups in total. The Kier molecular flexibility index (Phi) is 7.70. The molecule has 1 fully saturated rings. The third kappa shape index (κ3) is 6.32. The Morgan fingerprint density at radius 1 is 1.26 bits per heavy atom. The van der Waals surface area contributed by atoms with Crippen molar-refractivity contribution in [3.05, 3.63) is 53.3 Å². The van der Waals surface area contributed by atoms with E-state index in [1.165, 1.54) is 19.2 Å². The molecule has 1 saturated heterocycles. The van der Waals surface area contributed by atoms with E-state index >= 15 is 0 Å². The van der Waals surface area contributed by atoms with Crippen LogP contribution in [0.15, 0.2) is 36.4 Å². The van der Waals surface area contributed by atoms with Crippen molar-refractivity contribution < 1.29 is 23.8 Å². The van der Waals surface area contributed by atoms with Gasteiger partial charge >= 0.3 is 0 Å². The molecule has 31 heavy (non-hydrogen) atoms. The van der Waals surface area contributed by atoms with E-state index in [0.29, 0.717) is 35.2 Å². The molecule has 1 unspecified atom stereocenters. The van der Waals surface area contributed by atoms with Crippen LogP contribution >= 0.6 is 0 Å². The van der Waals surface area contributed by atoms with Gasteiger partial charge in [-0.05, 0) is 74.2 Å². The van der Waals surface area contributed by atoms with Crippen LogP contribution in [0.4, 0.5) is 10.1 Å². The van der Waals surface area contributed by atoms with Gasteiger partial charge in [0.2, 0.25) is 0 Å². The summed E-state index contributed by atoms with van der Waals surface area (Å²) in [7, 11) is 1.48. The number of carbonyl (C=O) groups excluding carboxylic acids is 1. The lowest BCUT2D eigenvalue weighted by molar-refractivity contribution is 0.0550. The molecule has 2 aromatic carbocycles. The van der Waals surface area contributed by atoms with E-state index in [0.717, 1.165) is 37.9 Å². The minimum absolute atomic E-state index is 0.157. The van der Waals surface area contributed by atoms with Crippen LogP contribution in [0, 0.1) is 11.7 Å². The summed E-state index contributed by atoms with van der Waals surface area (Å²) in [6.45, 7) is 2.39. The summed E-state index contributed by atoms with van der Waals surface area (Å²) in [6, 6.07) is 9.13. The Balaban J connectivity index is 1.47. The summed E-state index contributed by atoms with van der Waals surface area (Å²) < 4.78 is 23.7. The number of hydrogen-bond donors (Lipinski definition) is 3. The molecule has 8 heteroatoms. The number of halogens is 1. The lowest BCUT2D eigenvalue weighted by Gasteiger charge is -2.33. The average molecular weight is 432 g/mol. The minimum Gasteiger partial charge on any atom is -0.496 e. The van der Waals surface area contributed by atoms with E-state index in [2.05, 4.69) is 4.90 Å². The van der Waals surface area contributed by atoms with Gasteiger partial charge < -0.3 is 30.9 Å². The molecule has 1 heterocycles. The van der Waals surface area contributed by atoms with E-state index < -0.39 is 12.0 Å². The first kappa shape index (κ1) is 22.8. The highest BCUT2D eigenvalue weighted by atomic mass is 19.1. The average Bonchev–Trinajstić information content (AvgIpc) is 2.75. The molecule has 1 aliphatic rings. The molecule has 0 spiro atoms. The van der Waals surface area contributed by atoms with Crippen LogP contribution in [-0.4, -0.2) is 55.4 Å². The number of nitrogen functional groups attached to an aromatic ring is 1. The molecule has 168 valence electrons. The topological polar surface area (TPSA) is 111 Å². The van der Waals surface area contributed by atoms with Gasteiger partial charge in [0.1, 0.15) is 30.0 Å². The molecule has 1 aliphatic heterocycles. The van der Waals surface area contributed by atoms with Gasteiger partial charge in [0, 0.05) is 18.3 Å². The lowest BCUT2D eigenvalue weighted by atomic mass is 9.88. The number of aliphatic hydroxyl groups excluding tert-OH is 1. The van der Waals surface area contributed by atoms with Gasteiger partial charge in [0.15, 0.2) is 0 Å². The van der Waals surface area contributed by atoms with Gasteiger partial charge in [0.25, 0.3) is 5.91 Å². The fourth-order valence-corrected chi connectivity index (χ4v) is 3.94. The normalized spacial score (nSPS) is 16.1. The zero-order valence-electron chi connectivity index (χ0n) is 17.7. The molecule has 3 rings (SSSR count). The van der Waals surface area contributed by atoms with E-state index in [1.807, 2.05) is 0 Å². The number of hydrogen-bond acceptors (Lipinski definition) is 6. The van der Waals surface area contributed by atoms with Crippen molar-refractivity contribution in [1.82, 2.24) is 4.90 Å². The van der Waals surface area contributed by atoms with E-state index in [4.69, 9.17) is 20.9 Å². The molecule has 0 saturated carbocycles. The predicted octanol–water partition coefficient (Wildman–Crippen LogP) is 2.21. The maximum Gasteiger partial charge on any atom is 0.252 e. The first-order chi connectivity index (χ1) is 14.9. The molecule has 0 aliphatic carbocycles. The number of amides is 1. The minimum atomic E-state index is -0.628. The largest absolute Gasteiger partial charge is 0.496 e. The van der Waals surface area contributed by atoms with Crippen molar-refractivity contribution in [2.24, 2.45) is 11.7 Å². The monoisotopic (exact) mass is 431 g/mol. The second kappa shape index (κ2) is 10.5. The number of aliphatic hydroxyl groups is 1. The Hall–Kier alpha value is -2.84. The van der Waals surface area contributed by atoms with Crippen LogP contribution in [0.25, 0.3) is 0 Å². The fraction of sp³-hybridized carbons (Fsp3) is 0.435. The molecule has 2 aromatic rings. The van der Waals surface area contributed by atoms with Gasteiger partial charge in [0.05, 0.1) is 12.7 Å². The Morgan fingerprint density at radius 3 is 2.55 bits per heavy atom. The number of nitrogens with zero attached hydrogens (tertiary/aromatic N) is 1. The van der Waals surface area contributed by atoms with Crippen molar-refractivity contribution in [2.75, 3.05) is 39.1 Å². The van der Waals surface area contributed by atoms with E-state index in [1.54, 1.807) is 24.3 Å². The molecular weight excluding hydrogens is 401 g/mol. The Bertz CT molecular complexity index is 883. The Labute approximate surface area is 181 Å². The number of rotatable bonds is 9. The second-order valence-electron chi connectivity index (χ2n) is 7.98. The van der Waals surface area contributed by atoms with E-state index in [-0.39, 0.29) is 12.4 Å². The molecule has 0 bridgehead atoms.